The van der Waals surface area contributed by atoms with E-state index in [4.69, 9.17) is 5.53 Å². The molecule has 4 nitrogen and oxygen atoms in total. The molecule has 0 radical (unpaired) electrons. The van der Waals surface area contributed by atoms with E-state index in [2.05, 4.69) is 14.8 Å². The van der Waals surface area contributed by atoms with Gasteiger partial charge in [-0.3, -0.25) is 4.98 Å². The molecule has 0 saturated carbocycles. The molecular weight excluding hydrogens is 116 g/mol. The first kappa shape index (κ1) is 5.59. The molecule has 0 amide bonds. The third-order valence-electron chi connectivity index (χ3n) is 0.773. The average Bonchev–Trinajstić information content (AvgIpc) is 1.91. The molecule has 0 fully saturated rings. The van der Waals surface area contributed by atoms with Crippen molar-refractivity contribution < 1.29 is 4.79 Å². The van der Waals surface area contributed by atoms with E-state index < -0.39 is 0 Å². The number of aromatic nitrogens is 2. The summed E-state index contributed by atoms with van der Waals surface area (Å²) < 4.78 is 0. The van der Waals surface area contributed by atoms with Gasteiger partial charge < -0.3 is 5.53 Å². The van der Waals surface area contributed by atoms with Gasteiger partial charge in [0.2, 0.25) is 0 Å². The second-order valence-corrected chi connectivity index (χ2v) is 1.37. The van der Waals surface area contributed by atoms with Gasteiger partial charge in [0.25, 0.3) is 0 Å². The fourth-order valence-electron chi connectivity index (χ4n) is 0.436. The highest BCUT2D eigenvalue weighted by molar-refractivity contribution is 5.70. The first-order valence-electron chi connectivity index (χ1n) is 2.37. The SMILES string of the molecule is [N-]=[N+]=Cc1cnccn1. The molecule has 0 N–H and O–H groups in total. The van der Waals surface area contributed by atoms with Crippen LogP contribution in [0.4, 0.5) is 0 Å². The van der Waals surface area contributed by atoms with E-state index in [1.165, 1.54) is 18.6 Å². The lowest BCUT2D eigenvalue weighted by Gasteiger charge is -1.79. The molecule has 0 aromatic carbocycles. The van der Waals surface area contributed by atoms with Crippen molar-refractivity contribution >= 4 is 6.21 Å². The van der Waals surface area contributed by atoms with Crippen molar-refractivity contribution in [2.24, 2.45) is 0 Å². The van der Waals surface area contributed by atoms with Gasteiger partial charge in [-0.1, -0.05) is 0 Å². The average molecular weight is 120 g/mol. The van der Waals surface area contributed by atoms with Crippen LogP contribution in [0, 0.1) is 0 Å². The molecule has 0 atom stereocenters. The Morgan fingerprint density at radius 3 is 3.00 bits per heavy atom. The Morgan fingerprint density at radius 1 is 1.56 bits per heavy atom. The summed E-state index contributed by atoms with van der Waals surface area (Å²) in [6, 6.07) is 0. The zero-order valence-electron chi connectivity index (χ0n) is 4.60. The van der Waals surface area contributed by atoms with E-state index in [0.717, 1.165) is 0 Å². The third-order valence-corrected chi connectivity index (χ3v) is 0.773. The Kier molecular flexibility index (Phi) is 1.67. The maximum atomic E-state index is 8.02. The van der Waals surface area contributed by atoms with Crippen LogP contribution in [0.2, 0.25) is 0 Å². The van der Waals surface area contributed by atoms with Crippen LogP contribution in [-0.4, -0.2) is 21.0 Å². The quantitative estimate of drug-likeness (QED) is 0.300. The minimum absolute atomic E-state index is 0.542. The Balaban J connectivity index is 2.97. The molecule has 1 rings (SSSR count). The number of hydrogen-bond acceptors (Lipinski definition) is 2. The van der Waals surface area contributed by atoms with Crippen molar-refractivity contribution in [1.29, 1.82) is 0 Å². The molecule has 1 aromatic rings. The maximum absolute atomic E-state index is 8.02. The predicted molar refractivity (Wildman–Crippen MR) is 30.8 cm³/mol. The molecule has 44 valence electrons. The topological polar surface area (TPSA) is 62.2 Å². The van der Waals surface area contributed by atoms with Gasteiger partial charge in [0.05, 0.1) is 6.20 Å². The Labute approximate surface area is 51.8 Å². The van der Waals surface area contributed by atoms with Crippen molar-refractivity contribution in [3.05, 3.63) is 29.8 Å². The van der Waals surface area contributed by atoms with Crippen molar-refractivity contribution in [2.75, 3.05) is 0 Å². The molecule has 0 aliphatic rings. The van der Waals surface area contributed by atoms with Gasteiger partial charge in [-0.2, -0.15) is 4.79 Å². The van der Waals surface area contributed by atoms with Gasteiger partial charge in [-0.05, 0) is 0 Å². The van der Waals surface area contributed by atoms with E-state index in [-0.39, 0.29) is 0 Å². The van der Waals surface area contributed by atoms with Crippen LogP contribution in [-0.2, 0) is 0 Å². The minimum atomic E-state index is 0.542. The normalized spacial score (nSPS) is 8.00. The summed E-state index contributed by atoms with van der Waals surface area (Å²) in [6.07, 6.45) is 5.79. The highest BCUT2D eigenvalue weighted by atomic mass is 14.9. The summed E-state index contributed by atoms with van der Waals surface area (Å²) >= 11 is 0. The number of rotatable bonds is 1. The molecule has 0 spiro atoms. The monoisotopic (exact) mass is 120 g/mol. The zero-order valence-corrected chi connectivity index (χ0v) is 4.60. The van der Waals surface area contributed by atoms with Crippen LogP contribution in [0.1, 0.15) is 5.69 Å². The van der Waals surface area contributed by atoms with E-state index in [1.807, 2.05) is 0 Å². The van der Waals surface area contributed by atoms with Gasteiger partial charge >= 0.3 is 6.21 Å². The molecule has 0 bridgehead atoms. The number of nitrogens with zero attached hydrogens (tertiary/aromatic N) is 4. The smallest absolute Gasteiger partial charge is 0.307 e. The summed E-state index contributed by atoms with van der Waals surface area (Å²) in [4.78, 5) is 10.3. The van der Waals surface area contributed by atoms with Crippen LogP contribution in [0.25, 0.3) is 5.53 Å². The Morgan fingerprint density at radius 2 is 2.44 bits per heavy atom. The fourth-order valence-corrected chi connectivity index (χ4v) is 0.436. The second-order valence-electron chi connectivity index (χ2n) is 1.37. The number of hydrogen-bond donors (Lipinski definition) is 0. The fraction of sp³-hybridized carbons (Fsp3) is 0. The van der Waals surface area contributed by atoms with Crippen LogP contribution in [0.5, 0.6) is 0 Å². The largest absolute Gasteiger partial charge is 0.361 e. The van der Waals surface area contributed by atoms with Crippen LogP contribution < -0.4 is 0 Å². The first-order chi connectivity index (χ1) is 4.43. The Hall–Kier alpha value is -1.54. The molecular formula is C5H4N4. The first-order valence-corrected chi connectivity index (χ1v) is 2.37. The van der Waals surface area contributed by atoms with Crippen LogP contribution in [0.15, 0.2) is 18.6 Å². The lowest BCUT2D eigenvalue weighted by atomic mass is 10.5. The molecule has 9 heavy (non-hydrogen) atoms. The van der Waals surface area contributed by atoms with Gasteiger partial charge in [0.15, 0.2) is 5.69 Å². The van der Waals surface area contributed by atoms with Gasteiger partial charge in [-0.25, -0.2) is 4.98 Å². The summed E-state index contributed by atoms with van der Waals surface area (Å²) in [7, 11) is 0. The molecule has 0 saturated heterocycles. The maximum Gasteiger partial charge on any atom is 0.307 e. The molecule has 0 unspecified atom stereocenters. The van der Waals surface area contributed by atoms with Gasteiger partial charge in [-0.15, -0.1) is 0 Å². The molecule has 1 heterocycles. The summed E-state index contributed by atoms with van der Waals surface area (Å²) in [5, 5.41) is 0. The summed E-state index contributed by atoms with van der Waals surface area (Å²) in [5.41, 5.74) is 8.56. The van der Waals surface area contributed by atoms with E-state index >= 15 is 0 Å². The van der Waals surface area contributed by atoms with E-state index in [1.54, 1.807) is 6.20 Å². The lowest BCUT2D eigenvalue weighted by Crippen LogP contribution is -1.86. The lowest BCUT2D eigenvalue weighted by molar-refractivity contribution is 0.00424. The van der Waals surface area contributed by atoms with Gasteiger partial charge in [0.1, 0.15) is 0 Å². The molecule has 1 aromatic heterocycles. The van der Waals surface area contributed by atoms with Crippen molar-refractivity contribution in [3.63, 3.8) is 0 Å². The summed E-state index contributed by atoms with van der Waals surface area (Å²) in [5.74, 6) is 0. The summed E-state index contributed by atoms with van der Waals surface area (Å²) in [6.45, 7) is 0. The van der Waals surface area contributed by atoms with Crippen molar-refractivity contribution in [1.82, 2.24) is 9.97 Å². The molecule has 4 heteroatoms. The van der Waals surface area contributed by atoms with Crippen molar-refractivity contribution in [3.8, 4) is 0 Å². The van der Waals surface area contributed by atoms with E-state index in [0.29, 0.717) is 5.69 Å². The highest BCUT2D eigenvalue weighted by Crippen LogP contribution is 1.80. The Bertz CT molecular complexity index is 224. The van der Waals surface area contributed by atoms with Crippen LogP contribution in [0.3, 0.4) is 0 Å². The van der Waals surface area contributed by atoms with E-state index in [9.17, 15) is 0 Å². The highest BCUT2D eigenvalue weighted by Gasteiger charge is 1.88. The zero-order chi connectivity index (χ0) is 6.53. The van der Waals surface area contributed by atoms with Crippen LogP contribution >= 0.6 is 0 Å². The predicted octanol–water partition coefficient (Wildman–Crippen LogP) is 0.125. The second kappa shape index (κ2) is 2.69. The van der Waals surface area contributed by atoms with Crippen molar-refractivity contribution in [2.45, 2.75) is 0 Å². The minimum Gasteiger partial charge on any atom is -0.361 e. The van der Waals surface area contributed by atoms with Gasteiger partial charge in [0, 0.05) is 12.4 Å². The third kappa shape index (κ3) is 1.44. The standard InChI is InChI=1S/C5H4N4/c6-9-4-5-3-7-1-2-8-5/h1-4H. The molecule has 0 aliphatic heterocycles. The molecule has 0 aliphatic carbocycles.